The average Bonchev–Trinajstić information content (AvgIpc) is 3.48. The number of β-amino-alcohol motifs (C(OH)–C–C–N with tert-alkyl or cyclic N) is 1. The van der Waals surface area contributed by atoms with E-state index < -0.39 is 6.10 Å². The topological polar surface area (TPSA) is 88.3 Å². The number of aliphatic hydroxyl groups excluding tert-OH is 1. The zero-order valence-corrected chi connectivity index (χ0v) is 24.6. The van der Waals surface area contributed by atoms with Crippen LogP contribution in [0.4, 0.5) is 0 Å². The van der Waals surface area contributed by atoms with Crippen LogP contribution in [0.1, 0.15) is 60.6 Å². The van der Waals surface area contributed by atoms with Crippen molar-refractivity contribution in [3.63, 3.8) is 0 Å². The lowest BCUT2D eigenvalue weighted by molar-refractivity contribution is -0.136. The number of hydrogen-bond donors (Lipinski definition) is 1. The zero-order valence-electron chi connectivity index (χ0n) is 24.6. The molecule has 2 aromatic carbocycles. The minimum absolute atomic E-state index is 0.0531. The minimum Gasteiger partial charge on any atom is -0.490 e. The maximum absolute atomic E-state index is 13.8. The van der Waals surface area contributed by atoms with Gasteiger partial charge in [-0.2, -0.15) is 0 Å². The first-order valence-corrected chi connectivity index (χ1v) is 15.2. The molecule has 2 fully saturated rings. The number of carbonyl (C=O) groups excluding carboxylic acids is 1. The van der Waals surface area contributed by atoms with Gasteiger partial charge in [0, 0.05) is 51.5 Å². The quantitative estimate of drug-likeness (QED) is 0.317. The highest BCUT2D eigenvalue weighted by atomic mass is 16.5. The number of rotatable bonds is 12. The fraction of sp³-hybridized carbons (Fsp3) is 0.471. The molecular weight excluding hydrogens is 530 g/mol. The monoisotopic (exact) mass is 573 g/mol. The number of piperazine rings is 1. The van der Waals surface area contributed by atoms with Gasteiger partial charge >= 0.3 is 0 Å². The first-order chi connectivity index (χ1) is 20.6. The Morgan fingerprint density at radius 3 is 2.52 bits per heavy atom. The molecule has 0 radical (unpaired) electrons. The third-order valence-corrected chi connectivity index (χ3v) is 8.35. The largest absolute Gasteiger partial charge is 0.490 e. The van der Waals surface area contributed by atoms with Crippen LogP contribution in [-0.2, 0) is 16.1 Å². The smallest absolute Gasteiger partial charge is 0.230 e. The van der Waals surface area contributed by atoms with Crippen molar-refractivity contribution in [3.8, 4) is 5.75 Å². The molecule has 0 spiro atoms. The molecule has 5 rings (SSSR count). The Labute approximate surface area is 248 Å². The number of hydrogen-bond acceptors (Lipinski definition) is 7. The molecule has 3 aromatic rings. The van der Waals surface area contributed by atoms with E-state index in [9.17, 15) is 9.90 Å². The summed E-state index contributed by atoms with van der Waals surface area (Å²) in [6.07, 6.45) is 9.07. The first kappa shape index (κ1) is 30.0. The van der Waals surface area contributed by atoms with E-state index in [1.807, 2.05) is 65.6 Å². The van der Waals surface area contributed by atoms with Crippen molar-refractivity contribution in [1.29, 1.82) is 0 Å². The number of methoxy groups -OCH3 is 1. The highest BCUT2D eigenvalue weighted by Gasteiger charge is 2.35. The fourth-order valence-corrected chi connectivity index (χ4v) is 6.17. The van der Waals surface area contributed by atoms with E-state index in [0.29, 0.717) is 43.7 Å². The minimum atomic E-state index is -0.644. The van der Waals surface area contributed by atoms with Gasteiger partial charge in [0.05, 0.1) is 12.5 Å². The van der Waals surface area contributed by atoms with Crippen LogP contribution < -0.4 is 4.74 Å². The van der Waals surface area contributed by atoms with Crippen molar-refractivity contribution in [2.24, 2.45) is 5.92 Å². The van der Waals surface area contributed by atoms with Crippen LogP contribution in [0.2, 0.25) is 0 Å². The Morgan fingerprint density at radius 2 is 1.76 bits per heavy atom. The molecule has 1 aromatic heterocycles. The summed E-state index contributed by atoms with van der Waals surface area (Å²) in [5, 5.41) is 14.8. The van der Waals surface area contributed by atoms with Gasteiger partial charge in [0.1, 0.15) is 24.2 Å². The summed E-state index contributed by atoms with van der Waals surface area (Å²) in [5.74, 6) is 1.95. The lowest BCUT2D eigenvalue weighted by Gasteiger charge is -2.39. The number of nitrogens with zero attached hydrogens (tertiary/aromatic N) is 3. The summed E-state index contributed by atoms with van der Waals surface area (Å²) in [6.45, 7) is 3.95. The van der Waals surface area contributed by atoms with E-state index in [1.54, 1.807) is 7.11 Å². The van der Waals surface area contributed by atoms with Crippen molar-refractivity contribution >= 4 is 18.1 Å². The molecule has 1 aliphatic carbocycles. The Balaban J connectivity index is 1.11. The maximum atomic E-state index is 13.8. The van der Waals surface area contributed by atoms with E-state index in [-0.39, 0.29) is 18.4 Å². The van der Waals surface area contributed by atoms with Crippen LogP contribution in [-0.4, -0.2) is 78.5 Å². The third kappa shape index (κ3) is 8.09. The predicted molar refractivity (Wildman–Crippen MR) is 163 cm³/mol. The van der Waals surface area contributed by atoms with Gasteiger partial charge in [0.25, 0.3) is 0 Å². The maximum Gasteiger partial charge on any atom is 0.230 e. The van der Waals surface area contributed by atoms with Crippen LogP contribution in [0.3, 0.4) is 0 Å². The summed E-state index contributed by atoms with van der Waals surface area (Å²) >= 11 is 0. The predicted octanol–water partition coefficient (Wildman–Crippen LogP) is 5.24. The molecule has 1 saturated heterocycles. The van der Waals surface area contributed by atoms with Crippen molar-refractivity contribution in [2.45, 2.75) is 50.7 Å². The molecule has 2 atom stereocenters. The molecule has 42 heavy (non-hydrogen) atoms. The second-order valence-corrected chi connectivity index (χ2v) is 11.4. The molecule has 1 saturated carbocycles. The summed E-state index contributed by atoms with van der Waals surface area (Å²) in [4.78, 5) is 18.1. The molecule has 2 aliphatic rings. The summed E-state index contributed by atoms with van der Waals surface area (Å²) < 4.78 is 16.4. The normalized spacial score (nSPS) is 18.3. The Hall–Kier alpha value is -3.46. The van der Waals surface area contributed by atoms with E-state index >= 15 is 0 Å². The number of amides is 1. The molecule has 8 nitrogen and oxygen atoms in total. The standard InChI is InChI=1S/C34H43N3O5/c1-40-24-29-22-31(42-35-29)17-16-26-10-8-9-15-32(26)41-25-30(38)23-36-18-20-37(21-19-36)34(39)33(27-11-4-2-5-12-27)28-13-6-3-7-14-28/h2,4-5,8-12,15-17,22,28,30,33,38H,3,6-7,13-14,18-21,23-25H2,1H3. The molecule has 1 amide bonds. The molecule has 1 aliphatic heterocycles. The number of aromatic nitrogens is 1. The van der Waals surface area contributed by atoms with Gasteiger partial charge in [0.2, 0.25) is 5.91 Å². The van der Waals surface area contributed by atoms with E-state index in [2.05, 4.69) is 22.2 Å². The summed E-state index contributed by atoms with van der Waals surface area (Å²) in [5.41, 5.74) is 2.76. The third-order valence-electron chi connectivity index (χ3n) is 8.35. The zero-order chi connectivity index (χ0) is 29.1. The van der Waals surface area contributed by atoms with Gasteiger partial charge in [-0.1, -0.05) is 73.0 Å². The number of ether oxygens (including phenoxy) is 2. The molecule has 2 unspecified atom stereocenters. The highest BCUT2D eigenvalue weighted by molar-refractivity contribution is 5.84. The molecular formula is C34H43N3O5. The van der Waals surface area contributed by atoms with Crippen molar-refractivity contribution < 1.29 is 23.9 Å². The number of para-hydroxylation sites is 1. The number of benzene rings is 2. The number of carbonyl (C=O) groups is 1. The van der Waals surface area contributed by atoms with E-state index in [0.717, 1.165) is 42.8 Å². The van der Waals surface area contributed by atoms with E-state index in [1.165, 1.54) is 19.3 Å². The van der Waals surface area contributed by atoms with Crippen LogP contribution in [0.15, 0.2) is 65.2 Å². The fourth-order valence-electron chi connectivity index (χ4n) is 6.17. The second kappa shape index (κ2) is 15.1. The summed E-state index contributed by atoms with van der Waals surface area (Å²) in [6, 6.07) is 19.9. The molecule has 8 heteroatoms. The lowest BCUT2D eigenvalue weighted by atomic mass is 9.76. The van der Waals surface area contributed by atoms with Gasteiger partial charge in [0.15, 0.2) is 5.76 Å². The van der Waals surface area contributed by atoms with Crippen molar-refractivity contribution in [1.82, 2.24) is 15.0 Å². The van der Waals surface area contributed by atoms with Crippen LogP contribution in [0.5, 0.6) is 5.75 Å². The van der Waals surface area contributed by atoms with Gasteiger partial charge in [-0.25, -0.2) is 0 Å². The van der Waals surface area contributed by atoms with Gasteiger partial charge in [-0.3, -0.25) is 9.69 Å². The number of aliphatic hydroxyl groups is 1. The average molecular weight is 574 g/mol. The van der Waals surface area contributed by atoms with Crippen molar-refractivity contribution in [2.75, 3.05) is 46.4 Å². The second-order valence-electron chi connectivity index (χ2n) is 11.4. The first-order valence-electron chi connectivity index (χ1n) is 15.2. The van der Waals surface area contributed by atoms with Gasteiger partial charge in [-0.05, 0) is 42.5 Å². The van der Waals surface area contributed by atoms with Crippen molar-refractivity contribution in [3.05, 3.63) is 83.2 Å². The Morgan fingerprint density at radius 1 is 1.02 bits per heavy atom. The van der Waals surface area contributed by atoms with E-state index in [4.69, 9.17) is 14.0 Å². The van der Waals surface area contributed by atoms with Crippen LogP contribution >= 0.6 is 0 Å². The van der Waals surface area contributed by atoms with Crippen LogP contribution in [0.25, 0.3) is 12.2 Å². The Bertz CT molecular complexity index is 1280. The molecule has 0 bridgehead atoms. The summed E-state index contributed by atoms with van der Waals surface area (Å²) in [7, 11) is 1.62. The van der Waals surface area contributed by atoms with Gasteiger partial charge < -0.3 is 24.0 Å². The lowest BCUT2D eigenvalue weighted by Crippen LogP contribution is -2.52. The molecule has 1 N–H and O–H groups in total. The molecule has 224 valence electrons. The highest BCUT2D eigenvalue weighted by Crippen LogP contribution is 2.37. The SMILES string of the molecule is COCc1cc(C=Cc2ccccc2OCC(O)CN2CCN(C(=O)C(c3ccccc3)C3CCCCC3)CC2)on1. The Kier molecular flexibility index (Phi) is 10.8. The van der Waals surface area contributed by atoms with Gasteiger partial charge in [-0.15, -0.1) is 0 Å². The van der Waals surface area contributed by atoms with Crippen LogP contribution in [0, 0.1) is 5.92 Å². The molecule has 2 heterocycles.